The highest BCUT2D eigenvalue weighted by molar-refractivity contribution is 7.18. The zero-order valence-electron chi connectivity index (χ0n) is 14.9. The van der Waals surface area contributed by atoms with Crippen LogP contribution in [0.1, 0.15) is 29.5 Å². The molecule has 0 N–H and O–H groups in total. The second-order valence-corrected chi connectivity index (χ2v) is 8.25. The van der Waals surface area contributed by atoms with Crippen LogP contribution in [0.15, 0.2) is 42.5 Å². The molecule has 1 fully saturated rings. The maximum Gasteiger partial charge on any atom is 0.247 e. The fraction of sp³-hybridized carbons (Fsp3) is 0.238. The SMILES string of the molecule is O=C(/C=C/c1cc(Cl)c2c(c1)OCO2)N1CCCC1c1nc2ccccc2s1. The smallest absolute Gasteiger partial charge is 0.247 e. The van der Waals surface area contributed by atoms with Crippen molar-refractivity contribution in [1.29, 1.82) is 0 Å². The monoisotopic (exact) mass is 412 g/mol. The molecule has 3 heterocycles. The van der Waals surface area contributed by atoms with E-state index in [9.17, 15) is 4.79 Å². The highest BCUT2D eigenvalue weighted by Crippen LogP contribution is 2.40. The van der Waals surface area contributed by atoms with Gasteiger partial charge in [0.05, 0.1) is 21.3 Å². The van der Waals surface area contributed by atoms with Crippen molar-refractivity contribution in [3.05, 3.63) is 58.1 Å². The van der Waals surface area contributed by atoms with Crippen molar-refractivity contribution in [3.63, 3.8) is 0 Å². The van der Waals surface area contributed by atoms with E-state index in [1.165, 1.54) is 0 Å². The van der Waals surface area contributed by atoms with E-state index in [-0.39, 0.29) is 18.7 Å². The van der Waals surface area contributed by atoms with Crippen LogP contribution in [-0.4, -0.2) is 29.1 Å². The fourth-order valence-corrected chi connectivity index (χ4v) is 5.06. The second-order valence-electron chi connectivity index (χ2n) is 6.78. The summed E-state index contributed by atoms with van der Waals surface area (Å²) in [5.41, 5.74) is 1.80. The lowest BCUT2D eigenvalue weighted by molar-refractivity contribution is -0.126. The predicted molar refractivity (Wildman–Crippen MR) is 110 cm³/mol. The van der Waals surface area contributed by atoms with Gasteiger partial charge in [-0.15, -0.1) is 11.3 Å². The van der Waals surface area contributed by atoms with E-state index >= 15 is 0 Å². The largest absolute Gasteiger partial charge is 0.454 e. The van der Waals surface area contributed by atoms with Crippen LogP contribution in [0.5, 0.6) is 11.5 Å². The average Bonchev–Trinajstić information content (AvgIpc) is 3.43. The van der Waals surface area contributed by atoms with E-state index in [0.717, 1.165) is 40.2 Å². The Bertz CT molecular complexity index is 1060. The molecule has 5 rings (SSSR count). The molecule has 1 unspecified atom stereocenters. The van der Waals surface area contributed by atoms with Crippen LogP contribution < -0.4 is 9.47 Å². The Labute approximate surface area is 171 Å². The zero-order chi connectivity index (χ0) is 19.1. The second kappa shape index (κ2) is 7.11. The summed E-state index contributed by atoms with van der Waals surface area (Å²) in [6.07, 6.45) is 5.29. The Morgan fingerprint density at radius 1 is 1.29 bits per heavy atom. The van der Waals surface area contributed by atoms with Gasteiger partial charge >= 0.3 is 0 Å². The number of fused-ring (bicyclic) bond motifs is 2. The van der Waals surface area contributed by atoms with Crippen molar-refractivity contribution in [3.8, 4) is 11.5 Å². The van der Waals surface area contributed by atoms with Gasteiger partial charge in [-0.05, 0) is 48.7 Å². The van der Waals surface area contributed by atoms with Gasteiger partial charge in [0.25, 0.3) is 0 Å². The van der Waals surface area contributed by atoms with Crippen molar-refractivity contribution in [2.45, 2.75) is 18.9 Å². The molecule has 3 aromatic rings. The first-order valence-electron chi connectivity index (χ1n) is 9.12. The number of halogens is 1. The molecule has 142 valence electrons. The number of aromatic nitrogens is 1. The summed E-state index contributed by atoms with van der Waals surface area (Å²) in [7, 11) is 0. The fourth-order valence-electron chi connectivity index (χ4n) is 3.67. The third-order valence-electron chi connectivity index (χ3n) is 5.00. The highest BCUT2D eigenvalue weighted by atomic mass is 35.5. The number of amides is 1. The molecule has 1 aromatic heterocycles. The average molecular weight is 413 g/mol. The Morgan fingerprint density at radius 2 is 2.18 bits per heavy atom. The molecule has 2 aromatic carbocycles. The summed E-state index contributed by atoms with van der Waals surface area (Å²) in [5, 5.41) is 1.49. The standard InChI is InChI=1S/C21H17ClN2O3S/c22-14-10-13(11-17-20(14)27-12-26-17)7-8-19(25)24-9-3-5-16(24)21-23-15-4-1-2-6-18(15)28-21/h1-2,4,6-8,10-11,16H,3,5,9,12H2/b8-7+. The lowest BCUT2D eigenvalue weighted by Gasteiger charge is -2.21. The minimum Gasteiger partial charge on any atom is -0.454 e. The van der Waals surface area contributed by atoms with Gasteiger partial charge < -0.3 is 14.4 Å². The third-order valence-corrected chi connectivity index (χ3v) is 6.42. The molecule has 1 atom stereocenters. The number of nitrogens with zero attached hydrogens (tertiary/aromatic N) is 2. The minimum atomic E-state index is -0.0180. The molecular formula is C21H17ClN2O3S. The molecule has 28 heavy (non-hydrogen) atoms. The van der Waals surface area contributed by atoms with Gasteiger partial charge in [0.1, 0.15) is 5.01 Å². The lowest BCUT2D eigenvalue weighted by atomic mass is 10.2. The molecule has 0 radical (unpaired) electrons. The normalized spacial score (nSPS) is 18.5. The van der Waals surface area contributed by atoms with E-state index in [0.29, 0.717) is 16.5 Å². The first-order chi connectivity index (χ1) is 13.7. The maximum atomic E-state index is 12.9. The Morgan fingerprint density at radius 3 is 3.07 bits per heavy atom. The number of ether oxygens (including phenoxy) is 2. The van der Waals surface area contributed by atoms with Crippen molar-refractivity contribution in [1.82, 2.24) is 9.88 Å². The van der Waals surface area contributed by atoms with Crippen LogP contribution >= 0.6 is 22.9 Å². The minimum absolute atomic E-state index is 0.0180. The number of carbonyl (C=O) groups is 1. The first kappa shape index (κ1) is 17.5. The molecule has 1 amide bonds. The Balaban J connectivity index is 1.37. The number of likely N-dealkylation sites (tertiary alicyclic amines) is 1. The molecule has 5 nitrogen and oxygen atoms in total. The number of rotatable bonds is 3. The van der Waals surface area contributed by atoms with E-state index in [4.69, 9.17) is 26.1 Å². The molecular weight excluding hydrogens is 396 g/mol. The Kier molecular flexibility index (Phi) is 4.45. The van der Waals surface area contributed by atoms with Crippen LogP contribution in [0.2, 0.25) is 5.02 Å². The van der Waals surface area contributed by atoms with Crippen molar-refractivity contribution < 1.29 is 14.3 Å². The highest BCUT2D eigenvalue weighted by Gasteiger charge is 2.31. The van der Waals surface area contributed by atoms with Crippen LogP contribution in [0.3, 0.4) is 0 Å². The number of para-hydroxylation sites is 1. The number of hydrogen-bond donors (Lipinski definition) is 0. The van der Waals surface area contributed by atoms with Crippen LogP contribution in [0.4, 0.5) is 0 Å². The van der Waals surface area contributed by atoms with Crippen LogP contribution in [0.25, 0.3) is 16.3 Å². The summed E-state index contributed by atoms with van der Waals surface area (Å²) in [5.74, 6) is 1.14. The molecule has 7 heteroatoms. The molecule has 2 aliphatic rings. The number of thiazole rings is 1. The molecule has 0 aliphatic carbocycles. The molecule has 2 aliphatic heterocycles. The summed E-state index contributed by atoms with van der Waals surface area (Å²) in [4.78, 5) is 19.5. The van der Waals surface area contributed by atoms with Gasteiger partial charge in [-0.2, -0.15) is 0 Å². The molecule has 1 saturated heterocycles. The molecule has 0 saturated carbocycles. The van der Waals surface area contributed by atoms with Gasteiger partial charge in [0.15, 0.2) is 11.5 Å². The van der Waals surface area contributed by atoms with Gasteiger partial charge in [-0.25, -0.2) is 4.98 Å². The number of hydrogen-bond acceptors (Lipinski definition) is 5. The van der Waals surface area contributed by atoms with Gasteiger partial charge in [0.2, 0.25) is 12.7 Å². The maximum absolute atomic E-state index is 12.9. The van der Waals surface area contributed by atoms with Gasteiger partial charge in [-0.1, -0.05) is 23.7 Å². The Hall–Kier alpha value is -2.57. The van der Waals surface area contributed by atoms with Gasteiger partial charge in [0, 0.05) is 12.6 Å². The molecule has 0 bridgehead atoms. The number of benzene rings is 2. The van der Waals surface area contributed by atoms with Crippen molar-refractivity contribution in [2.75, 3.05) is 13.3 Å². The van der Waals surface area contributed by atoms with E-state index in [1.807, 2.05) is 29.2 Å². The lowest BCUT2D eigenvalue weighted by Crippen LogP contribution is -2.28. The van der Waals surface area contributed by atoms with E-state index in [1.54, 1.807) is 29.6 Å². The predicted octanol–water partition coefficient (Wildman–Crippen LogP) is 5.06. The first-order valence-corrected chi connectivity index (χ1v) is 10.3. The van der Waals surface area contributed by atoms with E-state index in [2.05, 4.69) is 6.07 Å². The van der Waals surface area contributed by atoms with Gasteiger partial charge in [-0.3, -0.25) is 4.79 Å². The summed E-state index contributed by atoms with van der Waals surface area (Å²) in [6.45, 7) is 0.907. The molecule has 0 spiro atoms. The van der Waals surface area contributed by atoms with Crippen LogP contribution in [-0.2, 0) is 4.79 Å². The summed E-state index contributed by atoms with van der Waals surface area (Å²) >= 11 is 7.89. The zero-order valence-corrected chi connectivity index (χ0v) is 16.5. The van der Waals surface area contributed by atoms with Crippen molar-refractivity contribution in [2.24, 2.45) is 0 Å². The van der Waals surface area contributed by atoms with Crippen molar-refractivity contribution >= 4 is 45.1 Å². The van der Waals surface area contributed by atoms with E-state index < -0.39 is 0 Å². The summed E-state index contributed by atoms with van der Waals surface area (Å²) < 4.78 is 11.9. The number of carbonyl (C=O) groups excluding carboxylic acids is 1. The van der Waals surface area contributed by atoms with Crippen LogP contribution in [0, 0.1) is 0 Å². The topological polar surface area (TPSA) is 51.7 Å². The third kappa shape index (κ3) is 3.12. The summed E-state index contributed by atoms with van der Waals surface area (Å²) in [6, 6.07) is 11.7. The quantitative estimate of drug-likeness (QED) is 0.564.